The molecule has 1 aliphatic rings. The Labute approximate surface area is 103 Å². The molecule has 1 aliphatic carbocycles. The summed E-state index contributed by atoms with van der Waals surface area (Å²) < 4.78 is 5.60. The lowest BCUT2D eigenvalue weighted by atomic mass is 10.00. The fourth-order valence-corrected chi connectivity index (χ4v) is 2.33. The van der Waals surface area contributed by atoms with E-state index in [9.17, 15) is 5.11 Å². The smallest absolute Gasteiger partial charge is 0.119 e. The number of aliphatic hydroxyl groups is 1. The molecule has 2 atom stereocenters. The van der Waals surface area contributed by atoms with Gasteiger partial charge in [-0.1, -0.05) is 12.1 Å². The Kier molecular flexibility index (Phi) is 3.40. The number of aliphatic hydroxyl groups excluding tert-OH is 1. The molecule has 3 nitrogen and oxygen atoms in total. The first kappa shape index (κ1) is 12.4. The second-order valence-electron chi connectivity index (χ2n) is 5.22. The molecule has 0 amide bonds. The first-order valence-electron chi connectivity index (χ1n) is 6.19. The monoisotopic (exact) mass is 235 g/mol. The molecule has 0 radical (unpaired) electrons. The van der Waals surface area contributed by atoms with E-state index in [0.29, 0.717) is 12.5 Å². The lowest BCUT2D eigenvalue weighted by molar-refractivity contribution is 0.211. The van der Waals surface area contributed by atoms with Crippen molar-refractivity contribution in [2.75, 3.05) is 13.2 Å². The molecule has 3 N–H and O–H groups in total. The van der Waals surface area contributed by atoms with E-state index in [2.05, 4.69) is 12.1 Å². The summed E-state index contributed by atoms with van der Waals surface area (Å²) in [5, 5.41) is 9.36. The van der Waals surface area contributed by atoms with E-state index >= 15 is 0 Å². The fraction of sp³-hybridized carbons (Fsp3) is 0.571. The van der Waals surface area contributed by atoms with Crippen molar-refractivity contribution < 1.29 is 9.84 Å². The van der Waals surface area contributed by atoms with Crippen molar-refractivity contribution in [3.05, 3.63) is 29.8 Å². The molecule has 0 aliphatic heterocycles. The Bertz CT molecular complexity index is 368. The molecule has 2 unspecified atom stereocenters. The van der Waals surface area contributed by atoms with Crippen LogP contribution in [0.4, 0.5) is 0 Å². The summed E-state index contributed by atoms with van der Waals surface area (Å²) in [6.45, 7) is 4.76. The van der Waals surface area contributed by atoms with Gasteiger partial charge in [0.25, 0.3) is 0 Å². The second-order valence-corrected chi connectivity index (χ2v) is 5.22. The summed E-state index contributed by atoms with van der Waals surface area (Å²) in [7, 11) is 0. The van der Waals surface area contributed by atoms with Gasteiger partial charge in [0.15, 0.2) is 0 Å². The van der Waals surface area contributed by atoms with E-state index in [1.165, 1.54) is 5.56 Å². The summed E-state index contributed by atoms with van der Waals surface area (Å²) in [4.78, 5) is 0. The van der Waals surface area contributed by atoms with Gasteiger partial charge in [-0.05, 0) is 43.9 Å². The third kappa shape index (κ3) is 2.45. The Morgan fingerprint density at radius 1 is 1.41 bits per heavy atom. The summed E-state index contributed by atoms with van der Waals surface area (Å²) in [5.74, 6) is 1.30. The van der Waals surface area contributed by atoms with Crippen molar-refractivity contribution in [3.63, 3.8) is 0 Å². The van der Waals surface area contributed by atoms with Gasteiger partial charge in [-0.2, -0.15) is 0 Å². The molecule has 0 heterocycles. The van der Waals surface area contributed by atoms with Gasteiger partial charge in [-0.15, -0.1) is 0 Å². The number of benzene rings is 1. The van der Waals surface area contributed by atoms with Crippen LogP contribution < -0.4 is 10.5 Å². The van der Waals surface area contributed by atoms with E-state index < -0.39 is 0 Å². The maximum Gasteiger partial charge on any atom is 0.119 e. The minimum atomic E-state index is -0.0690. The molecule has 0 bridgehead atoms. The summed E-state index contributed by atoms with van der Waals surface area (Å²) in [6, 6.07) is 8.14. The van der Waals surface area contributed by atoms with Crippen molar-refractivity contribution in [3.8, 4) is 5.75 Å². The Morgan fingerprint density at radius 2 is 2.06 bits per heavy atom. The molecule has 1 aromatic rings. The molecule has 1 saturated carbocycles. The Morgan fingerprint density at radius 3 is 2.47 bits per heavy atom. The molecule has 1 aromatic carbocycles. The van der Waals surface area contributed by atoms with Crippen LogP contribution in [-0.4, -0.2) is 24.4 Å². The highest BCUT2D eigenvalue weighted by atomic mass is 16.5. The average Bonchev–Trinajstić information content (AvgIpc) is 3.05. The van der Waals surface area contributed by atoms with Crippen molar-refractivity contribution >= 4 is 0 Å². The van der Waals surface area contributed by atoms with Crippen LogP contribution in [0.25, 0.3) is 0 Å². The summed E-state index contributed by atoms with van der Waals surface area (Å²) in [5.41, 5.74) is 6.90. The van der Waals surface area contributed by atoms with Crippen LogP contribution in [-0.2, 0) is 0 Å². The van der Waals surface area contributed by atoms with Crippen LogP contribution in [0.3, 0.4) is 0 Å². The first-order valence-corrected chi connectivity index (χ1v) is 6.19. The van der Waals surface area contributed by atoms with E-state index in [1.54, 1.807) is 0 Å². The largest absolute Gasteiger partial charge is 0.491 e. The highest BCUT2D eigenvalue weighted by Gasteiger charge is 2.53. The van der Waals surface area contributed by atoms with Crippen molar-refractivity contribution in [2.45, 2.75) is 32.3 Å². The van der Waals surface area contributed by atoms with Crippen molar-refractivity contribution in [1.82, 2.24) is 0 Å². The molecule has 0 saturated heterocycles. The standard InChI is InChI=1S/C14H21NO2/c1-10(2)17-12-5-3-11(4-6-12)13-7-14(13,8-15)9-16/h3-6,10,13,16H,7-9,15H2,1-2H3. The van der Waals surface area contributed by atoms with Gasteiger partial charge >= 0.3 is 0 Å². The van der Waals surface area contributed by atoms with Crippen LogP contribution in [0, 0.1) is 5.41 Å². The predicted molar refractivity (Wildman–Crippen MR) is 68.1 cm³/mol. The quantitative estimate of drug-likeness (QED) is 0.819. The minimum absolute atomic E-state index is 0.0690. The third-order valence-electron chi connectivity index (χ3n) is 3.57. The van der Waals surface area contributed by atoms with Crippen LogP contribution in [0.1, 0.15) is 31.7 Å². The summed E-state index contributed by atoms with van der Waals surface area (Å²) >= 11 is 0. The van der Waals surface area contributed by atoms with Gasteiger partial charge in [-0.25, -0.2) is 0 Å². The van der Waals surface area contributed by atoms with Gasteiger partial charge in [0.2, 0.25) is 0 Å². The molecule has 94 valence electrons. The molecular formula is C14H21NO2. The number of rotatable bonds is 5. The molecule has 17 heavy (non-hydrogen) atoms. The second kappa shape index (κ2) is 4.67. The van der Waals surface area contributed by atoms with E-state index in [-0.39, 0.29) is 18.1 Å². The topological polar surface area (TPSA) is 55.5 Å². The molecular weight excluding hydrogens is 214 g/mol. The van der Waals surface area contributed by atoms with Crippen LogP contribution in [0.2, 0.25) is 0 Å². The number of ether oxygens (including phenoxy) is 1. The van der Waals surface area contributed by atoms with Crippen LogP contribution in [0.15, 0.2) is 24.3 Å². The zero-order valence-corrected chi connectivity index (χ0v) is 10.5. The zero-order valence-electron chi connectivity index (χ0n) is 10.5. The molecule has 0 spiro atoms. The number of hydrogen-bond donors (Lipinski definition) is 2. The third-order valence-corrected chi connectivity index (χ3v) is 3.57. The van der Waals surface area contributed by atoms with E-state index in [4.69, 9.17) is 10.5 Å². The lowest BCUT2D eigenvalue weighted by Gasteiger charge is -2.12. The maximum atomic E-state index is 9.36. The molecule has 2 rings (SSSR count). The van der Waals surface area contributed by atoms with Crippen molar-refractivity contribution in [1.29, 1.82) is 0 Å². The first-order chi connectivity index (χ1) is 8.11. The highest BCUT2D eigenvalue weighted by molar-refractivity contribution is 5.35. The van der Waals surface area contributed by atoms with Gasteiger partial charge in [0.1, 0.15) is 5.75 Å². The average molecular weight is 235 g/mol. The van der Waals surface area contributed by atoms with Gasteiger partial charge in [0.05, 0.1) is 12.7 Å². The minimum Gasteiger partial charge on any atom is -0.491 e. The van der Waals surface area contributed by atoms with Gasteiger partial charge in [-0.3, -0.25) is 0 Å². The highest BCUT2D eigenvalue weighted by Crippen LogP contribution is 2.58. The number of nitrogens with two attached hydrogens (primary N) is 1. The maximum absolute atomic E-state index is 9.36. The Hall–Kier alpha value is -1.06. The molecule has 0 aromatic heterocycles. The SMILES string of the molecule is CC(C)Oc1ccc(C2CC2(CN)CO)cc1. The Balaban J connectivity index is 2.05. The fourth-order valence-electron chi connectivity index (χ4n) is 2.33. The van der Waals surface area contributed by atoms with Crippen LogP contribution in [0.5, 0.6) is 5.75 Å². The van der Waals surface area contributed by atoms with Crippen LogP contribution >= 0.6 is 0 Å². The predicted octanol–water partition coefficient (Wildman–Crippen LogP) is 1.90. The van der Waals surface area contributed by atoms with Gasteiger partial charge in [0, 0.05) is 12.0 Å². The van der Waals surface area contributed by atoms with E-state index in [0.717, 1.165) is 12.2 Å². The molecule has 1 fully saturated rings. The summed E-state index contributed by atoms with van der Waals surface area (Å²) in [6.07, 6.45) is 1.19. The molecule has 3 heteroatoms. The van der Waals surface area contributed by atoms with Gasteiger partial charge < -0.3 is 15.6 Å². The number of hydrogen-bond acceptors (Lipinski definition) is 3. The zero-order chi connectivity index (χ0) is 12.5. The van der Waals surface area contributed by atoms with E-state index in [1.807, 2.05) is 26.0 Å². The van der Waals surface area contributed by atoms with Crippen molar-refractivity contribution in [2.24, 2.45) is 11.1 Å². The normalized spacial score (nSPS) is 27.2. The lowest BCUT2D eigenvalue weighted by Crippen LogP contribution is -2.21.